The molecule has 2 rings (SSSR count). The Bertz CT molecular complexity index is 411. The average molecular weight is 264 g/mol. The molecule has 1 aromatic carbocycles. The Labute approximate surface area is 115 Å². The van der Waals surface area contributed by atoms with E-state index in [0.29, 0.717) is 24.4 Å². The van der Waals surface area contributed by atoms with Crippen molar-refractivity contribution in [1.82, 2.24) is 4.90 Å². The summed E-state index contributed by atoms with van der Waals surface area (Å²) in [4.78, 5) is 2.42. The molecule has 3 unspecified atom stereocenters. The fourth-order valence-corrected chi connectivity index (χ4v) is 2.96. The molecule has 3 atom stereocenters. The first-order chi connectivity index (χ1) is 9.15. The Morgan fingerprint density at radius 3 is 2.95 bits per heavy atom. The molecule has 0 saturated carbocycles. The molecule has 0 radical (unpaired) electrons. The number of piperidine rings is 1. The highest BCUT2D eigenvalue weighted by Crippen LogP contribution is 2.30. The van der Waals surface area contributed by atoms with Crippen molar-refractivity contribution in [3.05, 3.63) is 29.8 Å². The van der Waals surface area contributed by atoms with Crippen LogP contribution >= 0.6 is 0 Å². The van der Waals surface area contributed by atoms with Crippen molar-refractivity contribution in [3.8, 4) is 5.75 Å². The zero-order chi connectivity index (χ0) is 13.8. The van der Waals surface area contributed by atoms with Crippen LogP contribution in [0, 0.1) is 0 Å². The van der Waals surface area contributed by atoms with Crippen molar-refractivity contribution in [1.29, 1.82) is 0 Å². The van der Waals surface area contributed by atoms with Crippen molar-refractivity contribution < 1.29 is 9.84 Å². The summed E-state index contributed by atoms with van der Waals surface area (Å²) in [6.45, 7) is 3.80. The Kier molecular flexibility index (Phi) is 4.80. The monoisotopic (exact) mass is 264 g/mol. The van der Waals surface area contributed by atoms with Crippen molar-refractivity contribution in [2.75, 3.05) is 20.2 Å². The maximum atomic E-state index is 9.60. The molecule has 0 aromatic heterocycles. The summed E-state index contributed by atoms with van der Waals surface area (Å²) < 4.78 is 5.45. The van der Waals surface area contributed by atoms with Gasteiger partial charge in [0.1, 0.15) is 5.75 Å². The number of phenolic OH excluding ortho intramolecular Hbond substituents is 1. The number of rotatable bonds is 4. The molecule has 0 aliphatic carbocycles. The van der Waals surface area contributed by atoms with E-state index in [1.807, 2.05) is 12.1 Å². The van der Waals surface area contributed by atoms with Gasteiger partial charge in [-0.25, -0.2) is 0 Å². The molecule has 0 amide bonds. The Morgan fingerprint density at radius 2 is 2.32 bits per heavy atom. The first-order valence-electron chi connectivity index (χ1n) is 6.93. The third kappa shape index (κ3) is 3.26. The summed E-state index contributed by atoms with van der Waals surface area (Å²) in [5.41, 5.74) is 7.04. The molecule has 4 heteroatoms. The van der Waals surface area contributed by atoms with Gasteiger partial charge in [0, 0.05) is 32.3 Å². The minimum atomic E-state index is 0.262. The molecule has 1 aliphatic rings. The van der Waals surface area contributed by atoms with E-state index in [4.69, 9.17) is 10.5 Å². The highest BCUT2D eigenvalue weighted by molar-refractivity contribution is 5.29. The van der Waals surface area contributed by atoms with Gasteiger partial charge >= 0.3 is 0 Å². The van der Waals surface area contributed by atoms with Crippen molar-refractivity contribution >= 4 is 0 Å². The summed E-state index contributed by atoms with van der Waals surface area (Å²) >= 11 is 0. The third-order valence-electron chi connectivity index (χ3n) is 4.17. The van der Waals surface area contributed by atoms with Crippen LogP contribution in [0.2, 0.25) is 0 Å². The molecule has 0 bridgehead atoms. The van der Waals surface area contributed by atoms with E-state index < -0.39 is 0 Å². The Balaban J connectivity index is 2.11. The van der Waals surface area contributed by atoms with Gasteiger partial charge in [0.05, 0.1) is 6.10 Å². The standard InChI is InChI=1S/C15H24N2O2/c1-11(12-4-3-5-14(18)8-12)17-7-6-15(19-2)9-13(17)10-16/h3-5,8,11,13,15,18H,6-7,9-10,16H2,1-2H3. The molecule has 4 nitrogen and oxygen atoms in total. The van der Waals surface area contributed by atoms with Crippen LogP contribution in [0.25, 0.3) is 0 Å². The topological polar surface area (TPSA) is 58.7 Å². The molecule has 3 N–H and O–H groups in total. The van der Waals surface area contributed by atoms with E-state index in [1.54, 1.807) is 13.2 Å². The van der Waals surface area contributed by atoms with Gasteiger partial charge in [0.15, 0.2) is 0 Å². The normalized spacial score (nSPS) is 26.3. The van der Waals surface area contributed by atoms with E-state index in [0.717, 1.165) is 24.9 Å². The van der Waals surface area contributed by atoms with E-state index in [-0.39, 0.29) is 6.04 Å². The van der Waals surface area contributed by atoms with Crippen LogP contribution in [0.15, 0.2) is 24.3 Å². The van der Waals surface area contributed by atoms with Gasteiger partial charge in [-0.05, 0) is 37.5 Å². The number of benzene rings is 1. The van der Waals surface area contributed by atoms with Crippen LogP contribution in [0.3, 0.4) is 0 Å². The number of phenols is 1. The van der Waals surface area contributed by atoms with Gasteiger partial charge < -0.3 is 15.6 Å². The van der Waals surface area contributed by atoms with Gasteiger partial charge in [0.25, 0.3) is 0 Å². The first kappa shape index (κ1) is 14.3. The lowest BCUT2D eigenvalue weighted by molar-refractivity contribution is -0.00166. The van der Waals surface area contributed by atoms with Gasteiger partial charge in [-0.3, -0.25) is 4.90 Å². The largest absolute Gasteiger partial charge is 0.508 e. The Morgan fingerprint density at radius 1 is 1.53 bits per heavy atom. The lowest BCUT2D eigenvalue weighted by Crippen LogP contribution is -2.49. The van der Waals surface area contributed by atoms with Crippen LogP contribution in [0.4, 0.5) is 0 Å². The second-order valence-electron chi connectivity index (χ2n) is 5.28. The van der Waals surface area contributed by atoms with E-state index in [2.05, 4.69) is 17.9 Å². The molecule has 1 aromatic rings. The van der Waals surface area contributed by atoms with Crippen LogP contribution in [-0.4, -0.2) is 42.4 Å². The second kappa shape index (κ2) is 6.37. The quantitative estimate of drug-likeness (QED) is 0.872. The van der Waals surface area contributed by atoms with E-state index in [9.17, 15) is 5.11 Å². The molecule has 1 saturated heterocycles. The lowest BCUT2D eigenvalue weighted by atomic mass is 9.95. The lowest BCUT2D eigenvalue weighted by Gasteiger charge is -2.42. The minimum absolute atomic E-state index is 0.262. The smallest absolute Gasteiger partial charge is 0.115 e. The fourth-order valence-electron chi connectivity index (χ4n) is 2.96. The maximum Gasteiger partial charge on any atom is 0.115 e. The SMILES string of the molecule is COC1CCN(C(C)c2cccc(O)c2)C(CN)C1. The highest BCUT2D eigenvalue weighted by atomic mass is 16.5. The highest BCUT2D eigenvalue weighted by Gasteiger charge is 2.31. The van der Waals surface area contributed by atoms with Crippen molar-refractivity contribution in [2.24, 2.45) is 5.73 Å². The van der Waals surface area contributed by atoms with Gasteiger partial charge in [0.2, 0.25) is 0 Å². The summed E-state index contributed by atoms with van der Waals surface area (Å²) in [6, 6.07) is 8.09. The van der Waals surface area contributed by atoms with E-state index >= 15 is 0 Å². The summed E-state index contributed by atoms with van der Waals surface area (Å²) in [5.74, 6) is 0.320. The van der Waals surface area contributed by atoms with Crippen LogP contribution in [0.5, 0.6) is 5.75 Å². The fraction of sp³-hybridized carbons (Fsp3) is 0.600. The van der Waals surface area contributed by atoms with Crippen LogP contribution < -0.4 is 5.73 Å². The van der Waals surface area contributed by atoms with Crippen molar-refractivity contribution in [2.45, 2.75) is 38.0 Å². The van der Waals surface area contributed by atoms with E-state index in [1.165, 1.54) is 0 Å². The molecule has 1 heterocycles. The number of nitrogens with zero attached hydrogens (tertiary/aromatic N) is 1. The van der Waals surface area contributed by atoms with Gasteiger partial charge in [-0.2, -0.15) is 0 Å². The molecule has 0 spiro atoms. The maximum absolute atomic E-state index is 9.60. The van der Waals surface area contributed by atoms with Gasteiger partial charge in [-0.1, -0.05) is 12.1 Å². The third-order valence-corrected chi connectivity index (χ3v) is 4.17. The Hall–Kier alpha value is -1.10. The zero-order valence-corrected chi connectivity index (χ0v) is 11.7. The number of hydrogen-bond acceptors (Lipinski definition) is 4. The number of nitrogens with two attached hydrogens (primary N) is 1. The molecular weight excluding hydrogens is 240 g/mol. The summed E-state index contributed by atoms with van der Waals surface area (Å²) in [5, 5.41) is 9.60. The average Bonchev–Trinajstić information content (AvgIpc) is 2.45. The number of aromatic hydroxyl groups is 1. The minimum Gasteiger partial charge on any atom is -0.508 e. The van der Waals surface area contributed by atoms with Crippen molar-refractivity contribution in [3.63, 3.8) is 0 Å². The second-order valence-corrected chi connectivity index (χ2v) is 5.28. The molecular formula is C15H24N2O2. The summed E-state index contributed by atoms with van der Waals surface area (Å²) in [7, 11) is 1.77. The van der Waals surface area contributed by atoms with Crippen LogP contribution in [0.1, 0.15) is 31.4 Å². The zero-order valence-electron chi connectivity index (χ0n) is 11.7. The molecule has 1 fully saturated rings. The molecule has 106 valence electrons. The predicted octanol–water partition coefficient (Wildman–Crippen LogP) is 1.89. The van der Waals surface area contributed by atoms with Gasteiger partial charge in [-0.15, -0.1) is 0 Å². The molecule has 1 aliphatic heterocycles. The van der Waals surface area contributed by atoms with Crippen LogP contribution in [-0.2, 0) is 4.74 Å². The predicted molar refractivity (Wildman–Crippen MR) is 76.1 cm³/mol. The molecule has 19 heavy (non-hydrogen) atoms. The number of ether oxygens (including phenoxy) is 1. The first-order valence-corrected chi connectivity index (χ1v) is 6.93. The number of hydrogen-bond donors (Lipinski definition) is 2. The number of methoxy groups -OCH3 is 1. The number of likely N-dealkylation sites (tertiary alicyclic amines) is 1. The summed E-state index contributed by atoms with van der Waals surface area (Å²) in [6.07, 6.45) is 2.34.